The molecule has 2 rings (SSSR count). The molecule has 0 spiro atoms. The lowest BCUT2D eigenvalue weighted by Gasteiger charge is -2.35. The van der Waals surface area contributed by atoms with Gasteiger partial charge in [-0.15, -0.1) is 0 Å². The first kappa shape index (κ1) is 12.3. The summed E-state index contributed by atoms with van der Waals surface area (Å²) in [6, 6.07) is 2.30. The Morgan fingerprint density at radius 2 is 2.41 bits per heavy atom. The Labute approximate surface area is 102 Å². The maximum absolute atomic E-state index is 5.76. The Hall–Kier alpha value is -1.20. The minimum atomic E-state index is 0.230. The first-order valence-corrected chi connectivity index (χ1v) is 6.20. The van der Waals surface area contributed by atoms with Crippen LogP contribution >= 0.6 is 0 Å². The molecular weight excluding hydrogens is 216 g/mol. The van der Waals surface area contributed by atoms with E-state index in [1.165, 1.54) is 0 Å². The van der Waals surface area contributed by atoms with Gasteiger partial charge in [-0.1, -0.05) is 13.3 Å². The molecule has 2 N–H and O–H groups in total. The van der Waals surface area contributed by atoms with Crippen molar-refractivity contribution in [2.24, 2.45) is 5.73 Å². The highest BCUT2D eigenvalue weighted by Gasteiger charge is 2.23. The minimum Gasteiger partial charge on any atom is -0.377 e. The number of rotatable bonds is 4. The van der Waals surface area contributed by atoms with Crippen molar-refractivity contribution >= 4 is 5.82 Å². The normalized spacial score (nSPS) is 20.6. The molecule has 1 aliphatic heterocycles. The molecule has 1 saturated heterocycles. The number of aryl methyl sites for hydroxylation is 1. The van der Waals surface area contributed by atoms with Gasteiger partial charge in [-0.2, -0.15) is 0 Å². The Balaban J connectivity index is 2.16. The molecule has 1 aliphatic rings. The summed E-state index contributed by atoms with van der Waals surface area (Å²) >= 11 is 0. The molecular formula is C12H20N4O. The molecule has 5 nitrogen and oxygen atoms in total. The van der Waals surface area contributed by atoms with Gasteiger partial charge in [0.25, 0.3) is 0 Å². The van der Waals surface area contributed by atoms with E-state index in [-0.39, 0.29) is 6.04 Å². The molecule has 1 fully saturated rings. The average molecular weight is 236 g/mol. The largest absolute Gasteiger partial charge is 0.377 e. The topological polar surface area (TPSA) is 64.3 Å². The SMILES string of the molecule is CCCc1cc(N2CCOCC2CN)ncn1. The molecule has 2 heterocycles. The quantitative estimate of drug-likeness (QED) is 0.829. The number of nitrogens with two attached hydrogens (primary N) is 1. The van der Waals surface area contributed by atoms with Gasteiger partial charge in [-0.25, -0.2) is 9.97 Å². The molecule has 1 aromatic heterocycles. The number of hydrogen-bond acceptors (Lipinski definition) is 5. The summed E-state index contributed by atoms with van der Waals surface area (Å²) in [5, 5.41) is 0. The highest BCUT2D eigenvalue weighted by Crippen LogP contribution is 2.17. The standard InChI is InChI=1S/C12H20N4O/c1-2-3-10-6-12(15-9-14-10)16-4-5-17-8-11(16)7-13/h6,9,11H,2-5,7-8,13H2,1H3. The van der Waals surface area contributed by atoms with Crippen molar-refractivity contribution in [3.8, 4) is 0 Å². The van der Waals surface area contributed by atoms with Gasteiger partial charge in [-0.3, -0.25) is 0 Å². The Bertz CT molecular complexity index is 358. The maximum atomic E-state index is 5.76. The fraction of sp³-hybridized carbons (Fsp3) is 0.667. The van der Waals surface area contributed by atoms with Crippen molar-refractivity contribution in [2.75, 3.05) is 31.2 Å². The van der Waals surface area contributed by atoms with Crippen LogP contribution in [-0.4, -0.2) is 42.3 Å². The van der Waals surface area contributed by atoms with E-state index in [1.54, 1.807) is 6.33 Å². The molecule has 1 atom stereocenters. The zero-order valence-electron chi connectivity index (χ0n) is 10.3. The predicted octanol–water partition coefficient (Wildman–Crippen LogP) is 0.593. The second-order valence-electron chi connectivity index (χ2n) is 4.28. The van der Waals surface area contributed by atoms with Crippen LogP contribution in [0.2, 0.25) is 0 Å². The number of anilines is 1. The Kier molecular flexibility index (Phi) is 4.28. The average Bonchev–Trinajstić information content (AvgIpc) is 2.39. The van der Waals surface area contributed by atoms with Gasteiger partial charge in [0.2, 0.25) is 0 Å². The molecule has 0 radical (unpaired) electrons. The van der Waals surface area contributed by atoms with E-state index in [0.29, 0.717) is 13.2 Å². The third kappa shape index (κ3) is 2.92. The lowest BCUT2D eigenvalue weighted by Crippen LogP contribution is -2.49. The van der Waals surface area contributed by atoms with Crippen LogP contribution in [0.4, 0.5) is 5.82 Å². The van der Waals surface area contributed by atoms with Crippen LogP contribution < -0.4 is 10.6 Å². The van der Waals surface area contributed by atoms with Crippen molar-refractivity contribution < 1.29 is 4.74 Å². The van der Waals surface area contributed by atoms with Crippen molar-refractivity contribution in [1.29, 1.82) is 0 Å². The molecule has 1 aromatic rings. The second kappa shape index (κ2) is 5.93. The first-order chi connectivity index (χ1) is 8.35. The molecule has 0 amide bonds. The fourth-order valence-corrected chi connectivity index (χ4v) is 2.09. The molecule has 5 heteroatoms. The lowest BCUT2D eigenvalue weighted by molar-refractivity contribution is 0.0958. The monoisotopic (exact) mass is 236 g/mol. The summed E-state index contributed by atoms with van der Waals surface area (Å²) < 4.78 is 5.44. The highest BCUT2D eigenvalue weighted by atomic mass is 16.5. The molecule has 0 aromatic carbocycles. The fourth-order valence-electron chi connectivity index (χ4n) is 2.09. The van der Waals surface area contributed by atoms with Crippen LogP contribution in [0.1, 0.15) is 19.0 Å². The van der Waals surface area contributed by atoms with Crippen molar-refractivity contribution in [1.82, 2.24) is 9.97 Å². The number of aromatic nitrogens is 2. The molecule has 17 heavy (non-hydrogen) atoms. The third-order valence-electron chi connectivity index (χ3n) is 3.01. The predicted molar refractivity (Wildman–Crippen MR) is 67.0 cm³/mol. The summed E-state index contributed by atoms with van der Waals surface area (Å²) in [6.45, 7) is 5.02. The van der Waals surface area contributed by atoms with Crippen LogP contribution in [0.25, 0.3) is 0 Å². The van der Waals surface area contributed by atoms with Crippen molar-refractivity contribution in [3.05, 3.63) is 18.1 Å². The Morgan fingerprint density at radius 3 is 3.18 bits per heavy atom. The van der Waals surface area contributed by atoms with E-state index >= 15 is 0 Å². The number of morpholine rings is 1. The first-order valence-electron chi connectivity index (χ1n) is 6.20. The van der Waals surface area contributed by atoms with Gasteiger partial charge in [0, 0.05) is 24.8 Å². The van der Waals surface area contributed by atoms with Gasteiger partial charge in [-0.05, 0) is 6.42 Å². The van der Waals surface area contributed by atoms with E-state index in [1.807, 2.05) is 0 Å². The van der Waals surface area contributed by atoms with E-state index in [4.69, 9.17) is 10.5 Å². The summed E-state index contributed by atoms with van der Waals surface area (Å²) in [4.78, 5) is 10.8. The smallest absolute Gasteiger partial charge is 0.132 e. The minimum absolute atomic E-state index is 0.230. The van der Waals surface area contributed by atoms with Gasteiger partial charge in [0.15, 0.2) is 0 Å². The zero-order chi connectivity index (χ0) is 12.1. The van der Waals surface area contributed by atoms with Crippen LogP contribution in [0, 0.1) is 0 Å². The van der Waals surface area contributed by atoms with Gasteiger partial charge in [0.05, 0.1) is 19.3 Å². The maximum Gasteiger partial charge on any atom is 0.132 e. The molecule has 1 unspecified atom stereocenters. The molecule has 94 valence electrons. The summed E-state index contributed by atoms with van der Waals surface area (Å²) in [5.41, 5.74) is 6.86. The molecule has 0 saturated carbocycles. The van der Waals surface area contributed by atoms with Crippen LogP contribution in [-0.2, 0) is 11.2 Å². The van der Waals surface area contributed by atoms with E-state index in [0.717, 1.165) is 37.5 Å². The Morgan fingerprint density at radius 1 is 1.53 bits per heavy atom. The van der Waals surface area contributed by atoms with Gasteiger partial charge < -0.3 is 15.4 Å². The van der Waals surface area contributed by atoms with E-state index < -0.39 is 0 Å². The summed E-state index contributed by atoms with van der Waals surface area (Å²) in [6.07, 6.45) is 3.73. The highest BCUT2D eigenvalue weighted by molar-refractivity contribution is 5.41. The van der Waals surface area contributed by atoms with E-state index in [9.17, 15) is 0 Å². The van der Waals surface area contributed by atoms with Crippen molar-refractivity contribution in [2.45, 2.75) is 25.8 Å². The lowest BCUT2D eigenvalue weighted by atomic mass is 10.2. The third-order valence-corrected chi connectivity index (χ3v) is 3.01. The number of ether oxygens (including phenoxy) is 1. The van der Waals surface area contributed by atoms with Gasteiger partial charge >= 0.3 is 0 Å². The molecule has 0 bridgehead atoms. The van der Waals surface area contributed by atoms with Crippen LogP contribution in [0.5, 0.6) is 0 Å². The molecule has 0 aliphatic carbocycles. The van der Waals surface area contributed by atoms with Crippen molar-refractivity contribution in [3.63, 3.8) is 0 Å². The van der Waals surface area contributed by atoms with Crippen LogP contribution in [0.15, 0.2) is 12.4 Å². The van der Waals surface area contributed by atoms with E-state index in [2.05, 4.69) is 27.9 Å². The van der Waals surface area contributed by atoms with Gasteiger partial charge in [0.1, 0.15) is 12.1 Å². The summed E-state index contributed by atoms with van der Waals surface area (Å²) in [5.74, 6) is 0.974. The zero-order valence-corrected chi connectivity index (χ0v) is 10.3. The number of nitrogens with zero attached hydrogens (tertiary/aromatic N) is 3. The second-order valence-corrected chi connectivity index (χ2v) is 4.28. The van der Waals surface area contributed by atoms with Crippen LogP contribution in [0.3, 0.4) is 0 Å². The summed E-state index contributed by atoms with van der Waals surface area (Å²) in [7, 11) is 0. The number of hydrogen-bond donors (Lipinski definition) is 1.